The summed E-state index contributed by atoms with van der Waals surface area (Å²) in [6, 6.07) is 7.96. The zero-order valence-electron chi connectivity index (χ0n) is 10.2. The van der Waals surface area contributed by atoms with E-state index in [-0.39, 0.29) is 11.7 Å². The molecule has 2 aliphatic rings. The van der Waals surface area contributed by atoms with Gasteiger partial charge >= 0.3 is 0 Å². The van der Waals surface area contributed by atoms with E-state index in [1.165, 1.54) is 5.56 Å². The summed E-state index contributed by atoms with van der Waals surface area (Å²) in [5.41, 5.74) is 2.90. The van der Waals surface area contributed by atoms with Gasteiger partial charge in [-0.3, -0.25) is 4.79 Å². The SMILES string of the molecule is O=c1[nH]c(C2Cc3ccccc3O2)nc2c1CSC2. The molecule has 0 fully saturated rings. The lowest BCUT2D eigenvalue weighted by Crippen LogP contribution is -2.20. The number of benzene rings is 1. The van der Waals surface area contributed by atoms with E-state index < -0.39 is 0 Å². The molecule has 1 aromatic heterocycles. The summed E-state index contributed by atoms with van der Waals surface area (Å²) >= 11 is 1.73. The fraction of sp³-hybridized carbons (Fsp3) is 0.286. The van der Waals surface area contributed by atoms with Crippen molar-refractivity contribution in [2.45, 2.75) is 24.0 Å². The summed E-state index contributed by atoms with van der Waals surface area (Å²) in [7, 11) is 0. The molecule has 4 rings (SSSR count). The number of fused-ring (bicyclic) bond motifs is 2. The molecule has 5 heteroatoms. The molecule has 3 heterocycles. The summed E-state index contributed by atoms with van der Waals surface area (Å²) in [5, 5.41) is 0. The molecule has 1 atom stereocenters. The van der Waals surface area contributed by atoms with Crippen LogP contribution in [0, 0.1) is 0 Å². The van der Waals surface area contributed by atoms with Crippen molar-refractivity contribution in [3.05, 3.63) is 57.3 Å². The fourth-order valence-corrected chi connectivity index (χ4v) is 3.60. The average Bonchev–Trinajstić information content (AvgIpc) is 3.04. The third kappa shape index (κ3) is 1.76. The van der Waals surface area contributed by atoms with E-state index >= 15 is 0 Å². The molecule has 0 saturated carbocycles. The lowest BCUT2D eigenvalue weighted by molar-refractivity contribution is 0.226. The number of thioether (sulfide) groups is 1. The van der Waals surface area contributed by atoms with Crippen LogP contribution in [-0.2, 0) is 17.9 Å². The minimum atomic E-state index is -0.166. The number of para-hydroxylation sites is 1. The maximum atomic E-state index is 12.0. The van der Waals surface area contributed by atoms with Gasteiger partial charge in [0.15, 0.2) is 11.9 Å². The van der Waals surface area contributed by atoms with Gasteiger partial charge < -0.3 is 9.72 Å². The first kappa shape index (κ1) is 11.1. The van der Waals surface area contributed by atoms with E-state index in [9.17, 15) is 4.79 Å². The zero-order valence-corrected chi connectivity index (χ0v) is 11.0. The third-order valence-electron chi connectivity index (χ3n) is 3.56. The lowest BCUT2D eigenvalue weighted by atomic mass is 10.1. The van der Waals surface area contributed by atoms with Crippen molar-refractivity contribution in [2.24, 2.45) is 0 Å². The summed E-state index contributed by atoms with van der Waals surface area (Å²) in [6.07, 6.45) is 0.603. The summed E-state index contributed by atoms with van der Waals surface area (Å²) in [6.45, 7) is 0. The highest BCUT2D eigenvalue weighted by Crippen LogP contribution is 2.35. The van der Waals surface area contributed by atoms with Crippen LogP contribution in [0.3, 0.4) is 0 Å². The largest absolute Gasteiger partial charge is 0.482 e. The van der Waals surface area contributed by atoms with E-state index in [0.717, 1.165) is 34.9 Å². The Kier molecular flexibility index (Phi) is 2.41. The Hall–Kier alpha value is -1.75. The molecule has 1 aromatic carbocycles. The van der Waals surface area contributed by atoms with Crippen LogP contribution in [0.25, 0.3) is 0 Å². The topological polar surface area (TPSA) is 55.0 Å². The second-order valence-electron chi connectivity index (χ2n) is 4.79. The van der Waals surface area contributed by atoms with Crippen LogP contribution >= 0.6 is 11.8 Å². The molecule has 0 saturated heterocycles. The molecule has 0 amide bonds. The summed E-state index contributed by atoms with van der Waals surface area (Å²) in [4.78, 5) is 19.5. The molecule has 4 nitrogen and oxygen atoms in total. The molecule has 2 aromatic rings. The number of nitrogens with one attached hydrogen (secondary N) is 1. The van der Waals surface area contributed by atoms with Crippen molar-refractivity contribution in [1.29, 1.82) is 0 Å². The van der Waals surface area contributed by atoms with E-state index in [2.05, 4.69) is 16.0 Å². The highest BCUT2D eigenvalue weighted by molar-refractivity contribution is 7.98. The van der Waals surface area contributed by atoms with Gasteiger partial charge in [0.1, 0.15) is 5.75 Å². The first-order valence-electron chi connectivity index (χ1n) is 6.25. The van der Waals surface area contributed by atoms with Gasteiger partial charge in [0.05, 0.1) is 5.69 Å². The van der Waals surface area contributed by atoms with Crippen molar-refractivity contribution in [2.75, 3.05) is 0 Å². The van der Waals surface area contributed by atoms with Gasteiger partial charge in [-0.25, -0.2) is 4.98 Å². The molecule has 1 unspecified atom stereocenters. The third-order valence-corrected chi connectivity index (χ3v) is 4.53. The first-order chi connectivity index (χ1) is 9.31. The lowest BCUT2D eigenvalue weighted by Gasteiger charge is -2.10. The molecule has 2 aliphatic heterocycles. The Labute approximate surface area is 114 Å². The molecule has 96 valence electrons. The van der Waals surface area contributed by atoms with Gasteiger partial charge in [-0.1, -0.05) is 18.2 Å². The van der Waals surface area contributed by atoms with Crippen molar-refractivity contribution < 1.29 is 4.74 Å². The van der Waals surface area contributed by atoms with Crippen molar-refractivity contribution in [1.82, 2.24) is 9.97 Å². The summed E-state index contributed by atoms with van der Waals surface area (Å²) < 4.78 is 5.87. The zero-order chi connectivity index (χ0) is 12.8. The number of hydrogen-bond donors (Lipinski definition) is 1. The molecule has 0 radical (unpaired) electrons. The molecule has 0 spiro atoms. The predicted octanol–water partition coefficient (Wildman–Crippen LogP) is 2.19. The number of aromatic nitrogens is 2. The second-order valence-corrected chi connectivity index (χ2v) is 5.77. The van der Waals surface area contributed by atoms with Crippen LogP contribution in [0.15, 0.2) is 29.1 Å². The Morgan fingerprint density at radius 3 is 3.11 bits per heavy atom. The van der Waals surface area contributed by atoms with E-state index in [4.69, 9.17) is 4.74 Å². The molecule has 0 bridgehead atoms. The first-order valence-corrected chi connectivity index (χ1v) is 7.41. The van der Waals surface area contributed by atoms with Crippen LogP contribution in [0.2, 0.25) is 0 Å². The number of nitrogens with zero attached hydrogens (tertiary/aromatic N) is 1. The smallest absolute Gasteiger partial charge is 0.255 e. The monoisotopic (exact) mass is 272 g/mol. The Morgan fingerprint density at radius 1 is 1.32 bits per heavy atom. The van der Waals surface area contributed by atoms with Gasteiger partial charge in [0.2, 0.25) is 0 Å². The summed E-state index contributed by atoms with van der Waals surface area (Å²) in [5.74, 6) is 3.14. The molecule has 0 aliphatic carbocycles. The standard InChI is InChI=1S/C14H12N2O2S/c17-14-9-6-19-7-10(9)15-13(16-14)12-5-8-3-1-2-4-11(8)18-12/h1-4,12H,5-7H2,(H,15,16,17). The van der Waals surface area contributed by atoms with E-state index in [1.54, 1.807) is 11.8 Å². The highest BCUT2D eigenvalue weighted by Gasteiger charge is 2.28. The van der Waals surface area contributed by atoms with E-state index in [0.29, 0.717) is 5.82 Å². The number of hydrogen-bond acceptors (Lipinski definition) is 4. The quantitative estimate of drug-likeness (QED) is 0.864. The Bertz CT molecular complexity index is 686. The second kappa shape index (κ2) is 4.13. The molecule has 19 heavy (non-hydrogen) atoms. The van der Waals surface area contributed by atoms with Crippen molar-refractivity contribution >= 4 is 11.8 Å². The van der Waals surface area contributed by atoms with Gasteiger partial charge in [0.25, 0.3) is 5.56 Å². The number of ether oxygens (including phenoxy) is 1. The van der Waals surface area contributed by atoms with Gasteiger partial charge in [-0.05, 0) is 11.6 Å². The minimum absolute atomic E-state index is 0.00967. The van der Waals surface area contributed by atoms with Crippen LogP contribution in [0.1, 0.15) is 28.7 Å². The minimum Gasteiger partial charge on any atom is -0.482 e. The van der Waals surface area contributed by atoms with Crippen LogP contribution in [0.5, 0.6) is 5.75 Å². The normalized spacial score (nSPS) is 19.9. The van der Waals surface area contributed by atoms with Crippen molar-refractivity contribution in [3.8, 4) is 5.75 Å². The Morgan fingerprint density at radius 2 is 2.21 bits per heavy atom. The number of H-pyrrole nitrogens is 1. The van der Waals surface area contributed by atoms with Gasteiger partial charge in [-0.15, -0.1) is 0 Å². The molecular weight excluding hydrogens is 260 g/mol. The average molecular weight is 272 g/mol. The molecule has 1 N–H and O–H groups in total. The van der Waals surface area contributed by atoms with Gasteiger partial charge in [0, 0.05) is 23.5 Å². The number of aromatic amines is 1. The fourth-order valence-electron chi connectivity index (χ4n) is 2.57. The van der Waals surface area contributed by atoms with Crippen LogP contribution < -0.4 is 10.3 Å². The van der Waals surface area contributed by atoms with E-state index in [1.807, 2.05) is 18.2 Å². The predicted molar refractivity (Wildman–Crippen MR) is 73.4 cm³/mol. The molecular formula is C14H12N2O2S. The highest BCUT2D eigenvalue weighted by atomic mass is 32.2. The van der Waals surface area contributed by atoms with Crippen LogP contribution in [0.4, 0.5) is 0 Å². The van der Waals surface area contributed by atoms with Crippen molar-refractivity contribution in [3.63, 3.8) is 0 Å². The maximum absolute atomic E-state index is 12.0. The number of rotatable bonds is 1. The Balaban J connectivity index is 1.72. The van der Waals surface area contributed by atoms with Gasteiger partial charge in [-0.2, -0.15) is 11.8 Å². The maximum Gasteiger partial charge on any atom is 0.255 e. The van der Waals surface area contributed by atoms with Crippen LogP contribution in [-0.4, -0.2) is 9.97 Å².